The van der Waals surface area contributed by atoms with Gasteiger partial charge in [0.25, 0.3) is 10.1 Å². The molecule has 0 spiro atoms. The molecule has 0 radical (unpaired) electrons. The van der Waals surface area contributed by atoms with E-state index in [1.54, 1.807) is 0 Å². The number of aromatic nitrogens is 3. The van der Waals surface area contributed by atoms with Gasteiger partial charge in [0.15, 0.2) is 0 Å². The van der Waals surface area contributed by atoms with E-state index >= 15 is 0 Å². The number of rotatable bonds is 3. The largest absolute Gasteiger partial charge is 0.352 e. The second-order valence-electron chi connectivity index (χ2n) is 3.47. The Morgan fingerprint density at radius 1 is 1.21 bits per heavy atom. The highest BCUT2D eigenvalue weighted by molar-refractivity contribution is 7.85. The van der Waals surface area contributed by atoms with Crippen LogP contribution in [0.25, 0.3) is 0 Å². The molecule has 100 valence electrons. The smallest absolute Gasteiger partial charge is 0.325 e. The van der Waals surface area contributed by atoms with Gasteiger partial charge >= 0.3 is 11.4 Å². The molecule has 0 saturated heterocycles. The third kappa shape index (κ3) is 3.26. The quantitative estimate of drug-likeness (QED) is 0.553. The van der Waals surface area contributed by atoms with Crippen LogP contribution in [0.2, 0.25) is 0 Å². The molecule has 1 aromatic carbocycles. The van der Waals surface area contributed by atoms with E-state index in [-0.39, 0.29) is 16.5 Å². The van der Waals surface area contributed by atoms with Crippen LogP contribution in [0.5, 0.6) is 0 Å². The Hall–Kier alpha value is -2.46. The number of hydrogen-bond donors (Lipinski definition) is 4. The van der Waals surface area contributed by atoms with E-state index < -0.39 is 21.5 Å². The molecule has 0 amide bonds. The molecule has 0 saturated carbocycles. The molecular formula is C9H8N4O5S. The minimum absolute atomic E-state index is 0.152. The molecule has 0 aliphatic carbocycles. The van der Waals surface area contributed by atoms with Crippen molar-refractivity contribution in [2.75, 3.05) is 5.32 Å². The normalized spacial score (nSPS) is 11.2. The van der Waals surface area contributed by atoms with Crippen LogP contribution in [-0.2, 0) is 10.1 Å². The summed E-state index contributed by atoms with van der Waals surface area (Å²) < 4.78 is 30.8. The second-order valence-corrected chi connectivity index (χ2v) is 4.89. The monoisotopic (exact) mass is 284 g/mol. The number of hydrogen-bond acceptors (Lipinski definition) is 6. The van der Waals surface area contributed by atoms with Gasteiger partial charge in [-0.25, -0.2) is 9.59 Å². The van der Waals surface area contributed by atoms with Gasteiger partial charge in [-0.3, -0.25) is 14.5 Å². The molecule has 4 N–H and O–H groups in total. The van der Waals surface area contributed by atoms with Crippen molar-refractivity contribution in [3.05, 3.63) is 45.2 Å². The highest BCUT2D eigenvalue weighted by Crippen LogP contribution is 2.16. The van der Waals surface area contributed by atoms with Gasteiger partial charge in [-0.05, 0) is 18.2 Å². The maximum Gasteiger partial charge on any atom is 0.352 e. The van der Waals surface area contributed by atoms with E-state index in [2.05, 4.69) is 15.3 Å². The Labute approximate surface area is 106 Å². The van der Waals surface area contributed by atoms with Crippen molar-refractivity contribution in [3.63, 3.8) is 0 Å². The van der Waals surface area contributed by atoms with Crippen LogP contribution in [0.15, 0.2) is 38.8 Å². The maximum atomic E-state index is 11.0. The molecule has 0 fully saturated rings. The minimum atomic E-state index is -4.33. The first-order valence-corrected chi connectivity index (χ1v) is 6.34. The van der Waals surface area contributed by atoms with E-state index in [9.17, 15) is 18.0 Å². The standard InChI is InChI=1S/C9H8N4O5S/c14-8-11-7(12-9(15)13-8)10-5-2-1-3-6(4-5)19(16,17)18/h1-4H,(H,16,17,18)(H3,10,11,12,13,14,15). The van der Waals surface area contributed by atoms with Crippen LogP contribution in [0, 0.1) is 0 Å². The van der Waals surface area contributed by atoms with Gasteiger partial charge in [0.1, 0.15) is 0 Å². The fraction of sp³-hybridized carbons (Fsp3) is 0. The van der Waals surface area contributed by atoms with Crippen LogP contribution in [0.1, 0.15) is 0 Å². The molecule has 9 nitrogen and oxygen atoms in total. The third-order valence-electron chi connectivity index (χ3n) is 2.06. The zero-order valence-electron chi connectivity index (χ0n) is 9.25. The van der Waals surface area contributed by atoms with Crippen molar-refractivity contribution < 1.29 is 13.0 Å². The van der Waals surface area contributed by atoms with E-state index in [0.29, 0.717) is 0 Å². The summed E-state index contributed by atoms with van der Waals surface area (Å²) in [6, 6.07) is 5.15. The van der Waals surface area contributed by atoms with Crippen molar-refractivity contribution in [2.45, 2.75) is 4.90 Å². The fourth-order valence-corrected chi connectivity index (χ4v) is 1.85. The summed E-state index contributed by atoms with van der Waals surface area (Å²) in [6.07, 6.45) is 0. The van der Waals surface area contributed by atoms with Gasteiger partial charge in [-0.1, -0.05) is 6.07 Å². The minimum Gasteiger partial charge on any atom is -0.325 e. The molecule has 1 heterocycles. The maximum absolute atomic E-state index is 11.0. The Morgan fingerprint density at radius 3 is 2.58 bits per heavy atom. The predicted octanol–water partition coefficient (Wildman–Crippen LogP) is -0.552. The molecule has 1 aromatic heterocycles. The summed E-state index contributed by atoms with van der Waals surface area (Å²) in [6.45, 7) is 0. The Bertz CT molecular complexity index is 794. The average molecular weight is 284 g/mol. The summed E-state index contributed by atoms with van der Waals surface area (Å²) in [5.74, 6) is -0.152. The van der Waals surface area contributed by atoms with E-state index in [1.165, 1.54) is 18.2 Å². The van der Waals surface area contributed by atoms with Gasteiger partial charge in [0, 0.05) is 5.69 Å². The summed E-state index contributed by atoms with van der Waals surface area (Å²) >= 11 is 0. The van der Waals surface area contributed by atoms with E-state index in [4.69, 9.17) is 4.55 Å². The first kappa shape index (κ1) is 13.0. The number of H-pyrrole nitrogens is 2. The zero-order valence-corrected chi connectivity index (χ0v) is 10.1. The van der Waals surface area contributed by atoms with Gasteiger partial charge in [-0.2, -0.15) is 13.4 Å². The van der Waals surface area contributed by atoms with Gasteiger partial charge < -0.3 is 5.32 Å². The molecule has 0 bridgehead atoms. The van der Waals surface area contributed by atoms with Gasteiger partial charge in [0.05, 0.1) is 4.90 Å². The van der Waals surface area contributed by atoms with E-state index in [0.717, 1.165) is 6.07 Å². The van der Waals surface area contributed by atoms with Crippen LogP contribution in [0.3, 0.4) is 0 Å². The zero-order chi connectivity index (χ0) is 14.0. The first-order valence-electron chi connectivity index (χ1n) is 4.90. The Balaban J connectivity index is 2.39. The van der Waals surface area contributed by atoms with Crippen LogP contribution in [0.4, 0.5) is 11.6 Å². The summed E-state index contributed by atoms with van der Waals surface area (Å²) in [7, 11) is -4.33. The van der Waals surface area contributed by atoms with Crippen molar-refractivity contribution in [1.29, 1.82) is 0 Å². The summed E-state index contributed by atoms with van der Waals surface area (Å²) in [4.78, 5) is 29.2. The molecule has 19 heavy (non-hydrogen) atoms. The lowest BCUT2D eigenvalue weighted by Crippen LogP contribution is -2.25. The SMILES string of the molecule is O=c1nc(Nc2cccc(S(=O)(=O)O)c2)[nH]c(=O)[nH]1. The van der Waals surface area contributed by atoms with Gasteiger partial charge in [0.2, 0.25) is 5.95 Å². The molecule has 0 aliphatic heterocycles. The molecule has 0 unspecified atom stereocenters. The lowest BCUT2D eigenvalue weighted by atomic mass is 10.3. The molecule has 2 aromatic rings. The number of nitrogens with zero attached hydrogens (tertiary/aromatic N) is 1. The van der Waals surface area contributed by atoms with Crippen LogP contribution < -0.4 is 16.7 Å². The molecule has 0 aliphatic rings. The molecule has 0 atom stereocenters. The Morgan fingerprint density at radius 2 is 1.95 bits per heavy atom. The van der Waals surface area contributed by atoms with Gasteiger partial charge in [-0.15, -0.1) is 0 Å². The van der Waals surface area contributed by atoms with Crippen molar-refractivity contribution in [3.8, 4) is 0 Å². The Kier molecular flexibility index (Phi) is 3.19. The van der Waals surface area contributed by atoms with Crippen LogP contribution in [-0.4, -0.2) is 27.9 Å². The van der Waals surface area contributed by atoms with Crippen LogP contribution >= 0.6 is 0 Å². The first-order chi connectivity index (χ1) is 8.84. The molecule has 10 heteroatoms. The number of nitrogens with one attached hydrogen (secondary N) is 3. The average Bonchev–Trinajstić information content (AvgIpc) is 2.26. The van der Waals surface area contributed by atoms with Crippen molar-refractivity contribution >= 4 is 21.8 Å². The predicted molar refractivity (Wildman–Crippen MR) is 65.0 cm³/mol. The molecular weight excluding hydrogens is 276 g/mol. The summed E-state index contributed by atoms with van der Waals surface area (Å²) in [5.41, 5.74) is -1.38. The highest BCUT2D eigenvalue weighted by atomic mass is 32.2. The third-order valence-corrected chi connectivity index (χ3v) is 2.91. The second kappa shape index (κ2) is 4.66. The summed E-state index contributed by atoms with van der Waals surface area (Å²) in [5, 5.41) is 2.54. The van der Waals surface area contributed by atoms with E-state index in [1.807, 2.05) is 4.98 Å². The van der Waals surface area contributed by atoms with Crippen molar-refractivity contribution in [2.24, 2.45) is 0 Å². The number of aromatic amines is 2. The number of anilines is 2. The lowest BCUT2D eigenvalue weighted by molar-refractivity contribution is 0.483. The highest BCUT2D eigenvalue weighted by Gasteiger charge is 2.10. The fourth-order valence-electron chi connectivity index (χ4n) is 1.32. The topological polar surface area (TPSA) is 145 Å². The molecule has 2 rings (SSSR count). The number of benzene rings is 1. The lowest BCUT2D eigenvalue weighted by Gasteiger charge is -2.05. The van der Waals surface area contributed by atoms with Crippen molar-refractivity contribution in [1.82, 2.24) is 15.0 Å².